The summed E-state index contributed by atoms with van der Waals surface area (Å²) >= 11 is 1.65. The topological polar surface area (TPSA) is 37.8 Å². The molecule has 0 aromatic carbocycles. The van der Waals surface area contributed by atoms with Crippen LogP contribution in [-0.4, -0.2) is 9.97 Å². The van der Waals surface area contributed by atoms with E-state index in [1.54, 1.807) is 23.7 Å². The highest BCUT2D eigenvalue weighted by Crippen LogP contribution is 2.08. The van der Waals surface area contributed by atoms with Crippen molar-refractivity contribution in [3.8, 4) is 0 Å². The van der Waals surface area contributed by atoms with Crippen molar-refractivity contribution in [2.75, 3.05) is 5.32 Å². The third kappa shape index (κ3) is 2.26. The van der Waals surface area contributed by atoms with Gasteiger partial charge in [-0.2, -0.15) is 0 Å². The van der Waals surface area contributed by atoms with Crippen LogP contribution in [0.1, 0.15) is 5.01 Å². The average Bonchev–Trinajstić information content (AvgIpc) is 2.69. The van der Waals surface area contributed by atoms with Gasteiger partial charge in [-0.05, 0) is 12.1 Å². The van der Waals surface area contributed by atoms with Gasteiger partial charge in [0.05, 0.1) is 12.2 Å². The Morgan fingerprint density at radius 2 is 2.38 bits per heavy atom. The molecular formula is C9H9N3S. The van der Waals surface area contributed by atoms with Crippen LogP contribution in [0.3, 0.4) is 0 Å². The van der Waals surface area contributed by atoms with Crippen molar-refractivity contribution in [3.05, 3.63) is 41.1 Å². The van der Waals surface area contributed by atoms with Crippen molar-refractivity contribution < 1.29 is 0 Å². The largest absolute Gasteiger partial charge is 0.377 e. The van der Waals surface area contributed by atoms with Gasteiger partial charge in [0.1, 0.15) is 5.01 Å². The number of anilines is 1. The summed E-state index contributed by atoms with van der Waals surface area (Å²) < 4.78 is 0. The van der Waals surface area contributed by atoms with Crippen LogP contribution in [0.25, 0.3) is 0 Å². The van der Waals surface area contributed by atoms with Gasteiger partial charge in [0, 0.05) is 24.0 Å². The van der Waals surface area contributed by atoms with E-state index in [0.717, 1.165) is 17.2 Å². The summed E-state index contributed by atoms with van der Waals surface area (Å²) in [6.07, 6.45) is 5.37. The van der Waals surface area contributed by atoms with Gasteiger partial charge in [-0.3, -0.25) is 4.98 Å². The second kappa shape index (κ2) is 4.00. The van der Waals surface area contributed by atoms with E-state index in [9.17, 15) is 0 Å². The zero-order valence-corrected chi connectivity index (χ0v) is 7.79. The number of nitrogens with one attached hydrogen (secondary N) is 1. The maximum Gasteiger partial charge on any atom is 0.112 e. The summed E-state index contributed by atoms with van der Waals surface area (Å²) in [5, 5.41) is 6.29. The highest BCUT2D eigenvalue weighted by atomic mass is 32.1. The first-order chi connectivity index (χ1) is 6.45. The highest BCUT2D eigenvalue weighted by Gasteiger charge is 1.94. The molecule has 0 saturated carbocycles. The lowest BCUT2D eigenvalue weighted by molar-refractivity contribution is 1.10. The maximum absolute atomic E-state index is 4.17. The Morgan fingerprint density at radius 1 is 1.38 bits per heavy atom. The molecule has 0 bridgehead atoms. The molecular weight excluding hydrogens is 182 g/mol. The molecule has 0 amide bonds. The molecule has 13 heavy (non-hydrogen) atoms. The van der Waals surface area contributed by atoms with Gasteiger partial charge < -0.3 is 5.32 Å². The summed E-state index contributed by atoms with van der Waals surface area (Å²) in [5.74, 6) is 0. The molecule has 2 aromatic rings. The molecule has 0 atom stereocenters. The quantitative estimate of drug-likeness (QED) is 0.807. The number of hydrogen-bond acceptors (Lipinski definition) is 4. The molecule has 2 aromatic heterocycles. The monoisotopic (exact) mass is 191 g/mol. The lowest BCUT2D eigenvalue weighted by atomic mass is 10.4. The van der Waals surface area contributed by atoms with Crippen molar-refractivity contribution in [2.24, 2.45) is 0 Å². The summed E-state index contributed by atoms with van der Waals surface area (Å²) in [4.78, 5) is 8.17. The van der Waals surface area contributed by atoms with Crippen LogP contribution in [-0.2, 0) is 6.54 Å². The SMILES string of the molecule is c1cncc(NCc2nccs2)c1. The molecule has 0 unspecified atom stereocenters. The summed E-state index contributed by atoms with van der Waals surface area (Å²) in [5.41, 5.74) is 1.03. The molecule has 2 rings (SSSR count). The average molecular weight is 191 g/mol. The van der Waals surface area contributed by atoms with Crippen molar-refractivity contribution in [1.29, 1.82) is 0 Å². The Labute approximate surface area is 80.5 Å². The number of hydrogen-bond donors (Lipinski definition) is 1. The van der Waals surface area contributed by atoms with Crippen LogP contribution in [0.15, 0.2) is 36.1 Å². The lowest BCUT2D eigenvalue weighted by Gasteiger charge is -2.01. The number of pyridine rings is 1. The standard InChI is InChI=1S/C9H9N3S/c1-2-8(6-10-3-1)12-7-9-11-4-5-13-9/h1-6,12H,7H2. The molecule has 1 N–H and O–H groups in total. The fraction of sp³-hybridized carbons (Fsp3) is 0.111. The number of thiazole rings is 1. The molecule has 0 aliphatic carbocycles. The summed E-state index contributed by atoms with van der Waals surface area (Å²) in [6.45, 7) is 0.767. The third-order valence-corrected chi connectivity index (χ3v) is 2.37. The predicted molar refractivity (Wildman–Crippen MR) is 53.7 cm³/mol. The van der Waals surface area contributed by atoms with E-state index < -0.39 is 0 Å². The van der Waals surface area contributed by atoms with Gasteiger partial charge >= 0.3 is 0 Å². The summed E-state index contributed by atoms with van der Waals surface area (Å²) in [7, 11) is 0. The van der Waals surface area contributed by atoms with Crippen LogP contribution in [0.5, 0.6) is 0 Å². The third-order valence-electron chi connectivity index (χ3n) is 1.59. The Balaban J connectivity index is 1.94. The number of rotatable bonds is 3. The first-order valence-electron chi connectivity index (χ1n) is 3.97. The molecule has 0 radical (unpaired) electrons. The van der Waals surface area contributed by atoms with Crippen molar-refractivity contribution in [3.63, 3.8) is 0 Å². The zero-order valence-electron chi connectivity index (χ0n) is 6.97. The fourth-order valence-electron chi connectivity index (χ4n) is 0.985. The minimum absolute atomic E-state index is 0.767. The van der Waals surface area contributed by atoms with Crippen molar-refractivity contribution in [2.45, 2.75) is 6.54 Å². The number of aromatic nitrogens is 2. The molecule has 0 spiro atoms. The van der Waals surface area contributed by atoms with E-state index in [0.29, 0.717) is 0 Å². The van der Waals surface area contributed by atoms with Crippen LogP contribution in [0.2, 0.25) is 0 Å². The minimum atomic E-state index is 0.767. The fourth-order valence-corrected chi connectivity index (χ4v) is 1.54. The van der Waals surface area contributed by atoms with Crippen LogP contribution < -0.4 is 5.32 Å². The van der Waals surface area contributed by atoms with E-state index >= 15 is 0 Å². The zero-order chi connectivity index (χ0) is 8.93. The normalized spacial score (nSPS) is 9.85. The highest BCUT2D eigenvalue weighted by molar-refractivity contribution is 7.09. The van der Waals surface area contributed by atoms with Crippen LogP contribution >= 0.6 is 11.3 Å². The molecule has 4 heteroatoms. The Hall–Kier alpha value is -1.42. The van der Waals surface area contributed by atoms with Gasteiger partial charge in [0.25, 0.3) is 0 Å². The van der Waals surface area contributed by atoms with Gasteiger partial charge in [-0.1, -0.05) is 0 Å². The second-order valence-corrected chi connectivity index (χ2v) is 3.50. The second-order valence-electron chi connectivity index (χ2n) is 2.52. The van der Waals surface area contributed by atoms with Crippen molar-refractivity contribution >= 4 is 17.0 Å². The maximum atomic E-state index is 4.17. The van der Waals surface area contributed by atoms with Gasteiger partial charge in [-0.25, -0.2) is 4.98 Å². The van der Waals surface area contributed by atoms with Crippen LogP contribution in [0, 0.1) is 0 Å². The first kappa shape index (κ1) is 8.19. The minimum Gasteiger partial charge on any atom is -0.377 e. The smallest absolute Gasteiger partial charge is 0.112 e. The Bertz CT molecular complexity index is 344. The van der Waals surface area contributed by atoms with Gasteiger partial charge in [0.15, 0.2) is 0 Å². The molecule has 2 heterocycles. The van der Waals surface area contributed by atoms with Gasteiger partial charge in [0.2, 0.25) is 0 Å². The molecule has 3 nitrogen and oxygen atoms in total. The Kier molecular flexibility index (Phi) is 2.52. The molecule has 0 fully saturated rings. The van der Waals surface area contributed by atoms with Crippen LogP contribution in [0.4, 0.5) is 5.69 Å². The van der Waals surface area contributed by atoms with Crippen molar-refractivity contribution in [1.82, 2.24) is 9.97 Å². The van der Waals surface area contributed by atoms with E-state index in [2.05, 4.69) is 15.3 Å². The van der Waals surface area contributed by atoms with E-state index in [4.69, 9.17) is 0 Å². The summed E-state index contributed by atoms with van der Waals surface area (Å²) in [6, 6.07) is 3.89. The predicted octanol–water partition coefficient (Wildman–Crippen LogP) is 2.15. The molecule has 0 saturated heterocycles. The van der Waals surface area contributed by atoms with Gasteiger partial charge in [-0.15, -0.1) is 11.3 Å². The van der Waals surface area contributed by atoms with E-state index in [-0.39, 0.29) is 0 Å². The lowest BCUT2D eigenvalue weighted by Crippen LogP contribution is -1.98. The molecule has 66 valence electrons. The molecule has 0 aliphatic heterocycles. The van der Waals surface area contributed by atoms with E-state index in [1.807, 2.05) is 23.7 Å². The molecule has 0 aliphatic rings. The first-order valence-corrected chi connectivity index (χ1v) is 4.85. The Morgan fingerprint density at radius 3 is 3.08 bits per heavy atom. The number of nitrogens with zero attached hydrogens (tertiary/aromatic N) is 2. The van der Waals surface area contributed by atoms with E-state index in [1.165, 1.54) is 0 Å².